The van der Waals surface area contributed by atoms with E-state index in [1.165, 1.54) is 5.56 Å². The third-order valence-corrected chi connectivity index (χ3v) is 4.38. The molecule has 2 aromatic carbocycles. The first-order valence-corrected chi connectivity index (χ1v) is 7.80. The van der Waals surface area contributed by atoms with Crippen molar-refractivity contribution < 1.29 is 4.79 Å². The van der Waals surface area contributed by atoms with Gasteiger partial charge in [-0.3, -0.25) is 4.79 Å². The molecule has 0 bridgehead atoms. The number of fused-ring (bicyclic) bond motifs is 1. The molecule has 1 unspecified atom stereocenters. The lowest BCUT2D eigenvalue weighted by atomic mass is 9.95. The van der Waals surface area contributed by atoms with Crippen LogP contribution in [0.1, 0.15) is 34.8 Å². The third kappa shape index (κ3) is 2.68. The van der Waals surface area contributed by atoms with E-state index in [1.807, 2.05) is 47.4 Å². The zero-order chi connectivity index (χ0) is 14.8. The van der Waals surface area contributed by atoms with E-state index in [0.717, 1.165) is 24.1 Å². The number of anilines is 1. The van der Waals surface area contributed by atoms with E-state index in [0.29, 0.717) is 11.4 Å². The van der Waals surface area contributed by atoms with Crippen LogP contribution in [0.3, 0.4) is 0 Å². The van der Waals surface area contributed by atoms with Crippen LogP contribution in [0.25, 0.3) is 0 Å². The Kier molecular flexibility index (Phi) is 3.98. The maximum absolute atomic E-state index is 12.9. The number of carbonyl (C=O) groups excluding carboxylic acids is 1. The number of carbonyl (C=O) groups is 1. The van der Waals surface area contributed by atoms with E-state index in [4.69, 9.17) is 11.6 Å². The van der Waals surface area contributed by atoms with Crippen LogP contribution < -0.4 is 4.90 Å². The van der Waals surface area contributed by atoms with Gasteiger partial charge >= 0.3 is 0 Å². The number of aryl methyl sites for hydroxylation is 1. The monoisotopic (exact) mass is 299 g/mol. The highest BCUT2D eigenvalue weighted by Gasteiger charge is 2.28. The highest BCUT2D eigenvalue weighted by Crippen LogP contribution is 2.31. The molecule has 108 valence electrons. The first-order chi connectivity index (χ1) is 10.2. The third-order valence-electron chi connectivity index (χ3n) is 4.07. The molecule has 0 aliphatic carbocycles. The van der Waals surface area contributed by atoms with Gasteiger partial charge in [-0.2, -0.15) is 0 Å². The maximum Gasteiger partial charge on any atom is 0.258 e. The molecule has 21 heavy (non-hydrogen) atoms. The highest BCUT2D eigenvalue weighted by atomic mass is 35.5. The zero-order valence-corrected chi connectivity index (χ0v) is 12.8. The first-order valence-electron chi connectivity index (χ1n) is 7.27. The van der Waals surface area contributed by atoms with Crippen molar-refractivity contribution in [1.29, 1.82) is 0 Å². The summed E-state index contributed by atoms with van der Waals surface area (Å²) < 4.78 is 0. The average Bonchev–Trinajstić information content (AvgIpc) is 2.54. The van der Waals surface area contributed by atoms with Crippen molar-refractivity contribution in [1.82, 2.24) is 0 Å². The molecule has 1 heterocycles. The number of benzene rings is 2. The van der Waals surface area contributed by atoms with Gasteiger partial charge in [0.1, 0.15) is 0 Å². The van der Waals surface area contributed by atoms with Gasteiger partial charge < -0.3 is 4.90 Å². The number of para-hydroxylation sites is 1. The Morgan fingerprint density at radius 2 is 2.05 bits per heavy atom. The minimum atomic E-state index is 0.0571. The van der Waals surface area contributed by atoms with Gasteiger partial charge in [0.25, 0.3) is 5.91 Å². The number of halogens is 1. The first kappa shape index (κ1) is 14.2. The summed E-state index contributed by atoms with van der Waals surface area (Å²) in [5.41, 5.74) is 3.96. The lowest BCUT2D eigenvalue weighted by Gasteiger charge is -2.35. The molecule has 0 spiro atoms. The molecule has 0 saturated carbocycles. The number of hydrogen-bond donors (Lipinski definition) is 0. The topological polar surface area (TPSA) is 20.3 Å². The number of nitrogens with zero attached hydrogens (tertiary/aromatic N) is 1. The molecule has 1 aliphatic heterocycles. The summed E-state index contributed by atoms with van der Waals surface area (Å²) in [4.78, 5) is 14.8. The van der Waals surface area contributed by atoms with E-state index < -0.39 is 0 Å². The molecule has 0 fully saturated rings. The molecule has 0 radical (unpaired) electrons. The van der Waals surface area contributed by atoms with Gasteiger partial charge in [0, 0.05) is 23.2 Å². The van der Waals surface area contributed by atoms with Gasteiger partial charge in [0.15, 0.2) is 0 Å². The predicted molar refractivity (Wildman–Crippen MR) is 87.0 cm³/mol. The lowest BCUT2D eigenvalue weighted by Crippen LogP contribution is -2.42. The Labute approximate surface area is 130 Å². The molecule has 0 N–H and O–H groups in total. The fourth-order valence-corrected chi connectivity index (χ4v) is 3.09. The van der Waals surface area contributed by atoms with Crippen LogP contribution in [0.15, 0.2) is 48.5 Å². The van der Waals surface area contributed by atoms with E-state index >= 15 is 0 Å². The Bertz CT molecular complexity index is 668. The molecule has 0 saturated heterocycles. The van der Waals surface area contributed by atoms with Gasteiger partial charge in [-0.1, -0.05) is 30.3 Å². The van der Waals surface area contributed by atoms with Crippen LogP contribution in [-0.2, 0) is 12.3 Å². The van der Waals surface area contributed by atoms with Crippen LogP contribution in [0.4, 0.5) is 5.69 Å². The van der Waals surface area contributed by atoms with Crippen molar-refractivity contribution in [2.75, 3.05) is 4.90 Å². The Hall–Kier alpha value is -1.80. The molecule has 2 aromatic rings. The van der Waals surface area contributed by atoms with E-state index in [2.05, 4.69) is 13.0 Å². The van der Waals surface area contributed by atoms with E-state index in [1.54, 1.807) is 0 Å². The molecule has 2 nitrogen and oxygen atoms in total. The minimum absolute atomic E-state index is 0.0571. The SMILES string of the molecule is CC1CCc2ccccc2N1C(=O)c1cccc(CCl)c1. The molecular formula is C18H18ClNO. The van der Waals surface area contributed by atoms with Crippen molar-refractivity contribution >= 4 is 23.2 Å². The number of hydrogen-bond acceptors (Lipinski definition) is 1. The molecule has 1 aliphatic rings. The van der Waals surface area contributed by atoms with Crippen molar-refractivity contribution in [2.45, 2.75) is 31.7 Å². The summed E-state index contributed by atoms with van der Waals surface area (Å²) in [6.07, 6.45) is 2.03. The standard InChI is InChI=1S/C18H18ClNO/c1-13-9-10-15-6-2-3-8-17(15)20(13)18(21)16-7-4-5-14(11-16)12-19/h2-8,11,13H,9-10,12H2,1H3. The van der Waals surface area contributed by atoms with Gasteiger partial charge in [0.2, 0.25) is 0 Å². The van der Waals surface area contributed by atoms with Gasteiger partial charge in [-0.25, -0.2) is 0 Å². The van der Waals surface area contributed by atoms with Crippen molar-refractivity contribution in [3.8, 4) is 0 Å². The van der Waals surface area contributed by atoms with Crippen molar-refractivity contribution in [3.05, 3.63) is 65.2 Å². The number of alkyl halides is 1. The Morgan fingerprint density at radius 3 is 2.86 bits per heavy atom. The average molecular weight is 300 g/mol. The molecule has 0 aromatic heterocycles. The normalized spacial score (nSPS) is 17.4. The molecule has 3 heteroatoms. The van der Waals surface area contributed by atoms with Gasteiger partial charge in [-0.15, -0.1) is 11.6 Å². The molecule has 1 atom stereocenters. The van der Waals surface area contributed by atoms with Crippen LogP contribution in [0.5, 0.6) is 0 Å². The van der Waals surface area contributed by atoms with E-state index in [9.17, 15) is 4.79 Å². The van der Waals surface area contributed by atoms with Gasteiger partial charge in [-0.05, 0) is 49.1 Å². The second kappa shape index (κ2) is 5.90. The van der Waals surface area contributed by atoms with Crippen LogP contribution >= 0.6 is 11.6 Å². The van der Waals surface area contributed by atoms with Crippen LogP contribution in [-0.4, -0.2) is 11.9 Å². The summed E-state index contributed by atoms with van der Waals surface area (Å²) in [6.45, 7) is 2.11. The largest absolute Gasteiger partial charge is 0.305 e. The summed E-state index contributed by atoms with van der Waals surface area (Å²) in [5, 5.41) is 0. The molecular weight excluding hydrogens is 282 g/mol. The number of rotatable bonds is 2. The fraction of sp³-hybridized carbons (Fsp3) is 0.278. The Morgan fingerprint density at radius 1 is 1.24 bits per heavy atom. The molecule has 1 amide bonds. The quantitative estimate of drug-likeness (QED) is 0.752. The summed E-state index contributed by atoms with van der Waals surface area (Å²) >= 11 is 5.87. The fourth-order valence-electron chi connectivity index (χ4n) is 2.92. The summed E-state index contributed by atoms with van der Waals surface area (Å²) in [5.74, 6) is 0.481. The summed E-state index contributed by atoms with van der Waals surface area (Å²) in [7, 11) is 0. The smallest absolute Gasteiger partial charge is 0.258 e. The van der Waals surface area contributed by atoms with Crippen LogP contribution in [0.2, 0.25) is 0 Å². The van der Waals surface area contributed by atoms with E-state index in [-0.39, 0.29) is 11.9 Å². The number of amides is 1. The van der Waals surface area contributed by atoms with Crippen molar-refractivity contribution in [3.63, 3.8) is 0 Å². The lowest BCUT2D eigenvalue weighted by molar-refractivity contribution is 0.0975. The second-order valence-electron chi connectivity index (χ2n) is 5.53. The summed E-state index contributed by atoms with van der Waals surface area (Å²) in [6, 6.07) is 16.0. The maximum atomic E-state index is 12.9. The van der Waals surface area contributed by atoms with Crippen molar-refractivity contribution in [2.24, 2.45) is 0 Å². The zero-order valence-electron chi connectivity index (χ0n) is 12.1. The molecule has 3 rings (SSSR count). The van der Waals surface area contributed by atoms with Gasteiger partial charge in [0.05, 0.1) is 0 Å². The minimum Gasteiger partial charge on any atom is -0.305 e. The Balaban J connectivity index is 2.00. The van der Waals surface area contributed by atoms with Crippen LogP contribution in [0, 0.1) is 0 Å². The highest BCUT2D eigenvalue weighted by molar-refractivity contribution is 6.17. The second-order valence-corrected chi connectivity index (χ2v) is 5.79. The predicted octanol–water partition coefficient (Wildman–Crippen LogP) is 4.41.